The largest absolute Gasteiger partial charge is 0.779 e. The van der Waals surface area contributed by atoms with Crippen molar-refractivity contribution in [2.24, 2.45) is 17.8 Å². The van der Waals surface area contributed by atoms with Gasteiger partial charge in [0.2, 0.25) is 11.8 Å². The number of nitrogens with one attached hydrogen (secondary N) is 2. The van der Waals surface area contributed by atoms with Crippen molar-refractivity contribution in [2.45, 2.75) is 163 Å². The minimum absolute atomic E-state index is 0.113. The Balaban J connectivity index is 1.49. The van der Waals surface area contributed by atoms with Crippen LogP contribution in [0.15, 0.2) is 0 Å². The predicted octanol–water partition coefficient (Wildman–Crippen LogP) is -6.09. The molecule has 458 valence electrons. The van der Waals surface area contributed by atoms with Crippen LogP contribution in [-0.4, -0.2) is 285 Å². The second kappa shape index (κ2) is 30.8. The topological polar surface area (TPSA) is 435 Å². The lowest BCUT2D eigenvalue weighted by Gasteiger charge is -2.49. The molecule has 4 saturated heterocycles. The number of rotatable bonds is 30. The first-order chi connectivity index (χ1) is 36.3. The van der Waals surface area contributed by atoms with Crippen LogP contribution in [0.5, 0.6) is 0 Å². The summed E-state index contributed by atoms with van der Waals surface area (Å²) in [6.45, 7) is 5.15. The Hall–Kier alpha value is -1.56. The number of likely N-dealkylation sites (N-methyl/N-ethyl adjacent to an activating group) is 1. The summed E-state index contributed by atoms with van der Waals surface area (Å²) in [6.07, 6.45) is -23.7. The van der Waals surface area contributed by atoms with E-state index < -0.39 is 194 Å². The van der Waals surface area contributed by atoms with Crippen molar-refractivity contribution in [3.8, 4) is 0 Å². The van der Waals surface area contributed by atoms with Gasteiger partial charge in [0.05, 0.1) is 109 Å². The zero-order valence-electron chi connectivity index (χ0n) is 45.7. The van der Waals surface area contributed by atoms with Gasteiger partial charge in [-0.1, -0.05) is 13.8 Å². The summed E-state index contributed by atoms with van der Waals surface area (Å²) < 4.78 is 92.7. The lowest BCUT2D eigenvalue weighted by molar-refractivity contribution is -0.302. The highest BCUT2D eigenvalue weighted by atomic mass is 31.2. The van der Waals surface area contributed by atoms with E-state index in [1.54, 1.807) is 25.9 Å². The molecule has 4 heterocycles. The van der Waals surface area contributed by atoms with Gasteiger partial charge in [-0.3, -0.25) is 14.2 Å². The molecular weight excluding hydrogens is 1090 g/mol. The van der Waals surface area contributed by atoms with E-state index in [-0.39, 0.29) is 45.5 Å². The first-order valence-electron chi connectivity index (χ1n) is 25.7. The molecule has 4 rings (SSSR count). The normalized spacial score (nSPS) is 39.4. The molecule has 0 spiro atoms. The van der Waals surface area contributed by atoms with Gasteiger partial charge in [0.1, 0.15) is 80.3 Å². The van der Waals surface area contributed by atoms with E-state index in [2.05, 4.69) is 15.2 Å². The Bertz CT molecular complexity index is 1930. The number of phosphoric ester groups is 1. The number of aliphatic hydroxyl groups is 9. The number of hydrogen-bond acceptors (Lipinski definition) is 28. The molecule has 0 bridgehead atoms. The molecule has 32 heteroatoms. The minimum Gasteiger partial charge on any atom is -0.779 e. The second-order valence-electron chi connectivity index (χ2n) is 21.0. The van der Waals surface area contributed by atoms with Gasteiger partial charge in [-0.15, -0.1) is 0 Å². The van der Waals surface area contributed by atoms with Crippen LogP contribution < -0.4 is 20.4 Å². The number of ether oxygens (including phenoxy) is 9. The molecule has 0 aromatic heterocycles. The van der Waals surface area contributed by atoms with Crippen molar-refractivity contribution in [1.29, 1.82) is 0 Å². The van der Waals surface area contributed by atoms with Crippen molar-refractivity contribution in [3.05, 3.63) is 0 Å². The monoisotopic (exact) mass is 1170 g/mol. The standard InChI is InChI=1S/C46H87N3O27P2/c1-22-24(3)73-31(36(48-26(5)52)42(22)67-19-34-39(57)41(59)44(60)46(6,76-34)21-65-9)17-66-14-27-30(13-50)74-32(35(37(27)55)47-25(4)51)18-68-43-23(2)45(69-15-28(53)38(56)29(54)16-71-77(10,61)62)75-33(40(43)58)20-72-78(63,64)70-12-11-49(7)8/h22-24,27-45,50,53-60H,11-21H2,1-10H3,(H,47,51)(H,48,52)(H,61,62)(H,63,64)/p-2/t22-,23?,24?,27-,28?,29?,30?,31+,32+,33?,34-,35?,36?,37+,38?,39?,40-,41-,42+,43-,44-,45+,46?/m0/s1. The fraction of sp³-hybridized carbons (Fsp3) is 0.957. The summed E-state index contributed by atoms with van der Waals surface area (Å²) >= 11 is 0. The zero-order chi connectivity index (χ0) is 58.6. The molecule has 11 N–H and O–H groups in total. The van der Waals surface area contributed by atoms with Crippen LogP contribution in [0.3, 0.4) is 0 Å². The van der Waals surface area contributed by atoms with Gasteiger partial charge in [-0.05, 0) is 27.9 Å². The van der Waals surface area contributed by atoms with Gasteiger partial charge >= 0.3 is 0 Å². The predicted molar refractivity (Wildman–Crippen MR) is 263 cm³/mol. The Labute approximate surface area is 453 Å². The Morgan fingerprint density at radius 1 is 0.705 bits per heavy atom. The number of phosphoric acid groups is 1. The Morgan fingerprint density at radius 2 is 1.31 bits per heavy atom. The number of amides is 2. The van der Waals surface area contributed by atoms with E-state index in [9.17, 15) is 74.5 Å². The van der Waals surface area contributed by atoms with E-state index in [0.29, 0.717) is 0 Å². The van der Waals surface area contributed by atoms with Gasteiger partial charge < -0.3 is 132 Å². The molecule has 4 fully saturated rings. The van der Waals surface area contributed by atoms with Crippen LogP contribution in [-0.2, 0) is 74.9 Å². The molecule has 2 amide bonds. The van der Waals surface area contributed by atoms with E-state index in [1.807, 2.05) is 6.92 Å². The highest BCUT2D eigenvalue weighted by molar-refractivity contribution is 7.50. The SMILES string of the molecule is COCC1(C)O[C@@H](CO[C@H]2C(NC(C)=O)[C@@H](COC[C@H]3C(CO)O[C@H](CO[C@H]4C(C)[C@H](OCC(O)C(O)C(O)COP(C)(=O)[O-])OC(COP(=O)([O-])OCCN(C)C)[C@@H]4O)C(NC(C)=O)[C@@H]3O)OC(C)[C@@H]2C)C(O)[C@H](O)[C@@H]1O. The number of hydrogen-bond donors (Lipinski definition) is 11. The highest BCUT2D eigenvalue weighted by Gasteiger charge is 2.53. The molecule has 13 unspecified atom stereocenters. The maximum Gasteiger partial charge on any atom is 0.268 e. The molecule has 0 aromatic carbocycles. The van der Waals surface area contributed by atoms with Gasteiger partial charge in [0, 0.05) is 51.9 Å². The Morgan fingerprint density at radius 3 is 1.91 bits per heavy atom. The van der Waals surface area contributed by atoms with Crippen molar-refractivity contribution in [2.75, 3.05) is 100 Å². The molecule has 30 nitrogen and oxygen atoms in total. The van der Waals surface area contributed by atoms with Crippen molar-refractivity contribution >= 4 is 27.2 Å². The van der Waals surface area contributed by atoms with E-state index in [4.69, 9.17) is 51.7 Å². The van der Waals surface area contributed by atoms with Crippen molar-refractivity contribution < 1.29 is 131 Å². The van der Waals surface area contributed by atoms with Crippen molar-refractivity contribution in [1.82, 2.24) is 15.5 Å². The minimum atomic E-state index is -4.99. The number of nitrogens with zero attached hydrogens (tertiary/aromatic N) is 1. The van der Waals surface area contributed by atoms with Gasteiger partial charge in [-0.25, -0.2) is 0 Å². The smallest absolute Gasteiger partial charge is 0.268 e. The van der Waals surface area contributed by atoms with Crippen LogP contribution in [0.4, 0.5) is 0 Å². The third-order valence-electron chi connectivity index (χ3n) is 14.2. The first-order valence-corrected chi connectivity index (χ1v) is 29.1. The molecule has 78 heavy (non-hydrogen) atoms. The van der Waals surface area contributed by atoms with E-state index in [1.165, 1.54) is 34.8 Å². The van der Waals surface area contributed by atoms with Crippen molar-refractivity contribution in [3.63, 3.8) is 0 Å². The quantitative estimate of drug-likeness (QED) is 0.0298. The van der Waals surface area contributed by atoms with Crippen LogP contribution in [0, 0.1) is 17.8 Å². The number of carbonyl (C=O) groups is 2. The molecule has 0 radical (unpaired) electrons. The van der Waals surface area contributed by atoms with Crippen LogP contribution in [0.2, 0.25) is 0 Å². The van der Waals surface area contributed by atoms with Gasteiger partial charge in [-0.2, -0.15) is 0 Å². The average Bonchev–Trinajstić information content (AvgIpc) is 3.36. The fourth-order valence-corrected chi connectivity index (χ4v) is 10.8. The molecule has 0 saturated carbocycles. The summed E-state index contributed by atoms with van der Waals surface area (Å²) in [6, 6.07) is -2.12. The molecule has 0 aromatic rings. The highest BCUT2D eigenvalue weighted by Crippen LogP contribution is 2.41. The lowest BCUT2D eigenvalue weighted by Crippen LogP contribution is -2.66. The average molecular weight is 1170 g/mol. The second-order valence-corrected chi connectivity index (χ2v) is 24.2. The molecule has 0 aliphatic carbocycles. The molecule has 25 atom stereocenters. The van der Waals surface area contributed by atoms with Gasteiger partial charge in [0.15, 0.2) is 6.29 Å². The van der Waals surface area contributed by atoms with Gasteiger partial charge in [0.25, 0.3) is 7.82 Å². The first kappa shape index (κ1) is 68.9. The van der Waals surface area contributed by atoms with E-state index in [0.717, 1.165) is 6.66 Å². The number of carbonyl (C=O) groups excluding carboxylic acids is 2. The summed E-state index contributed by atoms with van der Waals surface area (Å²) in [7, 11) is -4.55. The van der Waals surface area contributed by atoms with E-state index >= 15 is 0 Å². The maximum absolute atomic E-state index is 12.7. The zero-order valence-corrected chi connectivity index (χ0v) is 47.5. The fourth-order valence-electron chi connectivity index (χ4n) is 9.71. The van der Waals surface area contributed by atoms with Crippen LogP contribution >= 0.6 is 15.4 Å². The number of methoxy groups -OCH3 is 1. The summed E-state index contributed by atoms with van der Waals surface area (Å²) in [4.78, 5) is 51.0. The lowest BCUT2D eigenvalue weighted by atomic mass is 9.85. The number of aliphatic hydroxyl groups excluding tert-OH is 9. The summed E-state index contributed by atoms with van der Waals surface area (Å²) in [5.41, 5.74) is -1.40. The Kier molecular flexibility index (Phi) is 27.2. The molecular formula is C46H85N3O27P2-2. The maximum atomic E-state index is 12.7. The third kappa shape index (κ3) is 19.5. The third-order valence-corrected chi connectivity index (χ3v) is 15.8. The molecule has 4 aliphatic heterocycles. The molecule has 4 aliphatic rings. The van der Waals surface area contributed by atoms with Crippen LogP contribution in [0.25, 0.3) is 0 Å². The van der Waals surface area contributed by atoms with Crippen LogP contribution in [0.1, 0.15) is 41.5 Å². The summed E-state index contributed by atoms with van der Waals surface area (Å²) in [5, 5.41) is 103. The summed E-state index contributed by atoms with van der Waals surface area (Å²) in [5.74, 6) is -3.46.